The zero-order chi connectivity index (χ0) is 21.0. The Morgan fingerprint density at radius 3 is 2.11 bits per heavy atom. The first-order chi connectivity index (χ1) is 12.4. The minimum atomic E-state index is -1.19. The molecule has 1 aliphatic rings. The van der Waals surface area contributed by atoms with E-state index in [0.717, 1.165) is 0 Å². The van der Waals surface area contributed by atoms with Gasteiger partial charge in [0, 0.05) is 20.7 Å². The van der Waals surface area contributed by atoms with Crippen molar-refractivity contribution in [3.8, 4) is 0 Å². The summed E-state index contributed by atoms with van der Waals surface area (Å²) in [5.74, 6) is -1.27. The van der Waals surface area contributed by atoms with Gasteiger partial charge in [0.05, 0.1) is 6.61 Å². The van der Waals surface area contributed by atoms with Crippen molar-refractivity contribution in [1.29, 1.82) is 0 Å². The van der Waals surface area contributed by atoms with Gasteiger partial charge in [-0.05, 0) is 46.0 Å². The molecule has 0 unspecified atom stereocenters. The van der Waals surface area contributed by atoms with Crippen molar-refractivity contribution in [1.82, 2.24) is 9.80 Å². The molecule has 0 aliphatic heterocycles. The molecule has 0 aromatic rings. The van der Waals surface area contributed by atoms with Crippen LogP contribution in [0, 0.1) is 5.92 Å². The molecule has 0 bridgehead atoms. The van der Waals surface area contributed by atoms with Crippen LogP contribution in [-0.4, -0.2) is 77.4 Å². The van der Waals surface area contributed by atoms with E-state index in [4.69, 9.17) is 9.47 Å². The fraction of sp³-hybridized carbons (Fsp3) is 0.842. The second kappa shape index (κ2) is 8.91. The average molecular weight is 386 g/mol. The van der Waals surface area contributed by atoms with Crippen LogP contribution in [0.15, 0.2) is 0 Å². The number of carbonyl (C=O) groups excluding carboxylic acids is 2. The van der Waals surface area contributed by atoms with Gasteiger partial charge in [-0.25, -0.2) is 9.59 Å². The van der Waals surface area contributed by atoms with Gasteiger partial charge in [-0.15, -0.1) is 0 Å². The zero-order valence-corrected chi connectivity index (χ0v) is 17.6. The fourth-order valence-electron chi connectivity index (χ4n) is 2.95. The van der Waals surface area contributed by atoms with E-state index in [0.29, 0.717) is 19.3 Å². The summed E-state index contributed by atoms with van der Waals surface area (Å²) in [6.45, 7) is 9.56. The zero-order valence-electron chi connectivity index (χ0n) is 17.6. The average Bonchev–Trinajstić information content (AvgIpc) is 3.32. The van der Waals surface area contributed by atoms with Crippen LogP contribution in [0.25, 0.3) is 0 Å². The van der Waals surface area contributed by atoms with E-state index in [1.807, 2.05) is 13.8 Å². The van der Waals surface area contributed by atoms with Gasteiger partial charge in [-0.1, -0.05) is 13.8 Å². The quantitative estimate of drug-likeness (QED) is 0.653. The van der Waals surface area contributed by atoms with Gasteiger partial charge in [0.25, 0.3) is 0 Å². The molecule has 1 atom stereocenters. The molecular weight excluding hydrogens is 352 g/mol. The first-order valence-corrected chi connectivity index (χ1v) is 9.35. The van der Waals surface area contributed by atoms with Crippen LogP contribution in [0.5, 0.6) is 0 Å². The topological polar surface area (TPSA) is 96.4 Å². The Labute approximate surface area is 161 Å². The summed E-state index contributed by atoms with van der Waals surface area (Å²) in [5.41, 5.74) is -1.88. The third-order valence-corrected chi connectivity index (χ3v) is 4.55. The molecule has 0 aromatic heterocycles. The van der Waals surface area contributed by atoms with Crippen molar-refractivity contribution in [2.45, 2.75) is 71.1 Å². The summed E-state index contributed by atoms with van der Waals surface area (Å²) in [5, 5.41) is 9.65. The Hall–Kier alpha value is -1.83. The lowest BCUT2D eigenvalue weighted by Gasteiger charge is -2.37. The SMILES string of the molecule is COCCN(C(=O)[C@H](CC(C)C)N(C)C(=O)OC(C)(C)C)C1(C(=O)O)CC1. The monoisotopic (exact) mass is 386 g/mol. The normalized spacial score (nSPS) is 16.6. The summed E-state index contributed by atoms with van der Waals surface area (Å²) in [7, 11) is 3.02. The van der Waals surface area contributed by atoms with Crippen LogP contribution < -0.4 is 0 Å². The third kappa shape index (κ3) is 6.09. The van der Waals surface area contributed by atoms with E-state index < -0.39 is 29.2 Å². The van der Waals surface area contributed by atoms with E-state index in [1.54, 1.807) is 20.8 Å². The Bertz CT molecular complexity index is 551. The number of carbonyl (C=O) groups is 3. The number of carboxylic acid groups (broad SMARTS) is 1. The van der Waals surface area contributed by atoms with Gasteiger partial charge in [0.1, 0.15) is 17.2 Å². The van der Waals surface area contributed by atoms with Gasteiger partial charge in [0.2, 0.25) is 5.91 Å². The minimum Gasteiger partial charge on any atom is -0.479 e. The summed E-state index contributed by atoms with van der Waals surface area (Å²) in [4.78, 5) is 40.3. The van der Waals surface area contributed by atoms with Crippen molar-refractivity contribution in [2.24, 2.45) is 5.92 Å². The van der Waals surface area contributed by atoms with Crippen LogP contribution >= 0.6 is 0 Å². The van der Waals surface area contributed by atoms with Crippen molar-refractivity contribution >= 4 is 18.0 Å². The molecule has 1 saturated carbocycles. The number of amides is 2. The Morgan fingerprint density at radius 1 is 1.19 bits per heavy atom. The number of hydrogen-bond acceptors (Lipinski definition) is 5. The lowest BCUT2D eigenvalue weighted by Crippen LogP contribution is -2.57. The number of methoxy groups -OCH3 is 1. The Morgan fingerprint density at radius 2 is 1.74 bits per heavy atom. The number of hydrogen-bond donors (Lipinski definition) is 1. The molecule has 1 aliphatic carbocycles. The molecular formula is C19H34N2O6. The second-order valence-electron chi connectivity index (χ2n) is 8.56. The highest BCUT2D eigenvalue weighted by Gasteiger charge is 2.58. The fourth-order valence-corrected chi connectivity index (χ4v) is 2.95. The molecule has 8 heteroatoms. The van der Waals surface area contributed by atoms with Crippen molar-refractivity contribution in [3.63, 3.8) is 0 Å². The molecule has 0 heterocycles. The maximum atomic E-state index is 13.3. The van der Waals surface area contributed by atoms with Crippen molar-refractivity contribution in [3.05, 3.63) is 0 Å². The van der Waals surface area contributed by atoms with Gasteiger partial charge < -0.3 is 19.5 Å². The van der Waals surface area contributed by atoms with Gasteiger partial charge in [-0.3, -0.25) is 9.69 Å². The molecule has 0 aromatic carbocycles. The van der Waals surface area contributed by atoms with E-state index in [9.17, 15) is 19.5 Å². The van der Waals surface area contributed by atoms with E-state index >= 15 is 0 Å². The van der Waals surface area contributed by atoms with Gasteiger partial charge >= 0.3 is 12.1 Å². The smallest absolute Gasteiger partial charge is 0.410 e. The largest absolute Gasteiger partial charge is 0.479 e. The lowest BCUT2D eigenvalue weighted by molar-refractivity contribution is -0.155. The van der Waals surface area contributed by atoms with Gasteiger partial charge in [0.15, 0.2) is 0 Å². The number of rotatable bonds is 9. The van der Waals surface area contributed by atoms with E-state index in [2.05, 4.69) is 0 Å². The third-order valence-electron chi connectivity index (χ3n) is 4.55. The molecule has 8 nitrogen and oxygen atoms in total. The highest BCUT2D eigenvalue weighted by atomic mass is 16.6. The molecule has 1 N–H and O–H groups in total. The summed E-state index contributed by atoms with van der Waals surface area (Å²) < 4.78 is 10.5. The van der Waals surface area contributed by atoms with Crippen LogP contribution in [0.4, 0.5) is 4.79 Å². The standard InChI is InChI=1S/C19H34N2O6/c1-13(2)12-14(20(6)17(25)27-18(3,4)5)15(22)21(10-11-26-7)19(8-9-19)16(23)24/h13-14H,8-12H2,1-7H3,(H,23,24)/t14-/m0/s1. The van der Waals surface area contributed by atoms with Crippen molar-refractivity contribution in [2.75, 3.05) is 27.3 Å². The molecule has 0 saturated heterocycles. The minimum absolute atomic E-state index is 0.132. The molecule has 2 amide bonds. The Balaban J connectivity index is 3.12. The second-order valence-corrected chi connectivity index (χ2v) is 8.56. The number of likely N-dealkylation sites (N-methyl/N-ethyl adjacent to an activating group) is 1. The van der Waals surface area contributed by atoms with Crippen LogP contribution in [-0.2, 0) is 19.1 Å². The number of ether oxygens (including phenoxy) is 2. The van der Waals surface area contributed by atoms with Gasteiger partial charge in [-0.2, -0.15) is 0 Å². The van der Waals surface area contributed by atoms with Crippen LogP contribution in [0.3, 0.4) is 0 Å². The number of carboxylic acids is 1. The molecule has 1 rings (SSSR count). The summed E-state index contributed by atoms with van der Waals surface area (Å²) >= 11 is 0. The number of nitrogens with zero attached hydrogens (tertiary/aromatic N) is 2. The molecule has 1 fully saturated rings. The first-order valence-electron chi connectivity index (χ1n) is 9.35. The van der Waals surface area contributed by atoms with Crippen LogP contribution in [0.2, 0.25) is 0 Å². The highest BCUT2D eigenvalue weighted by Crippen LogP contribution is 2.42. The first kappa shape index (κ1) is 23.2. The molecule has 27 heavy (non-hydrogen) atoms. The maximum absolute atomic E-state index is 13.3. The van der Waals surface area contributed by atoms with Crippen LogP contribution in [0.1, 0.15) is 53.9 Å². The predicted molar refractivity (Wildman–Crippen MR) is 100 cm³/mol. The summed E-state index contributed by atoms with van der Waals surface area (Å²) in [6, 6.07) is -0.798. The van der Waals surface area contributed by atoms with Crippen molar-refractivity contribution < 1.29 is 29.0 Å². The van der Waals surface area contributed by atoms with E-state index in [-0.39, 0.29) is 25.0 Å². The van der Waals surface area contributed by atoms with E-state index in [1.165, 1.54) is 24.0 Å². The highest BCUT2D eigenvalue weighted by molar-refractivity contribution is 5.93. The molecule has 0 radical (unpaired) electrons. The summed E-state index contributed by atoms with van der Waals surface area (Å²) in [6.07, 6.45) is 0.617. The Kier molecular flexibility index (Phi) is 7.66. The maximum Gasteiger partial charge on any atom is 0.410 e. The lowest BCUT2D eigenvalue weighted by atomic mass is 10.0. The molecule has 156 valence electrons. The predicted octanol–water partition coefficient (Wildman–Crippen LogP) is 2.36. The molecule has 0 spiro atoms. The number of aliphatic carboxylic acids is 1.